The molecule has 3 heterocycles. The highest BCUT2D eigenvalue weighted by Gasteiger charge is 2.43. The van der Waals surface area contributed by atoms with E-state index in [-0.39, 0.29) is 29.7 Å². The Kier molecular flexibility index (Phi) is 3.90. The minimum absolute atomic E-state index is 0.0784. The van der Waals surface area contributed by atoms with Crippen molar-refractivity contribution in [2.45, 2.75) is 31.6 Å². The minimum Gasteiger partial charge on any atom is -0.278 e. The fourth-order valence-corrected chi connectivity index (χ4v) is 4.24. The number of aromatic amines is 2. The van der Waals surface area contributed by atoms with Gasteiger partial charge in [-0.15, -0.1) is 0 Å². The summed E-state index contributed by atoms with van der Waals surface area (Å²) in [5, 5.41) is 13.5. The second-order valence-corrected chi connectivity index (χ2v) is 7.35. The first-order valence-electron chi connectivity index (χ1n) is 9.10. The molecule has 0 saturated carbocycles. The summed E-state index contributed by atoms with van der Waals surface area (Å²) in [5.41, 5.74) is 0.239. The molecule has 3 aromatic heterocycles. The van der Waals surface area contributed by atoms with Crippen LogP contribution in [-0.4, -0.2) is 31.6 Å². The summed E-state index contributed by atoms with van der Waals surface area (Å²) < 4.78 is 80.7. The van der Waals surface area contributed by atoms with E-state index in [0.717, 1.165) is 6.20 Å². The third-order valence-electron chi connectivity index (χ3n) is 5.62. The predicted molar refractivity (Wildman–Crippen MR) is 95.5 cm³/mol. The highest BCUT2D eigenvalue weighted by atomic mass is 19.4. The summed E-state index contributed by atoms with van der Waals surface area (Å²) in [6, 6.07) is 3.32. The number of alkyl halides is 6. The molecule has 0 aliphatic heterocycles. The zero-order valence-electron chi connectivity index (χ0n) is 15.1. The van der Waals surface area contributed by atoms with Crippen molar-refractivity contribution in [3.8, 4) is 11.3 Å². The summed E-state index contributed by atoms with van der Waals surface area (Å²) in [6.07, 6.45) is -7.18. The molecule has 1 aliphatic rings. The van der Waals surface area contributed by atoms with Crippen molar-refractivity contribution in [1.29, 1.82) is 0 Å². The molecule has 1 atom stereocenters. The molecule has 2 N–H and O–H groups in total. The van der Waals surface area contributed by atoms with E-state index in [0.29, 0.717) is 27.4 Å². The first-order valence-corrected chi connectivity index (χ1v) is 9.10. The molecule has 0 fully saturated rings. The lowest BCUT2D eigenvalue weighted by atomic mass is 9.79. The zero-order valence-corrected chi connectivity index (χ0v) is 15.1. The van der Waals surface area contributed by atoms with Gasteiger partial charge in [-0.05, 0) is 42.5 Å². The first-order chi connectivity index (χ1) is 14.1. The molecule has 0 spiro atoms. The lowest BCUT2D eigenvalue weighted by molar-refractivity contribution is -0.177. The molecule has 30 heavy (non-hydrogen) atoms. The maximum Gasteiger partial charge on any atom is 0.433 e. The Balaban J connectivity index is 1.84. The zero-order chi connectivity index (χ0) is 21.3. The molecule has 1 unspecified atom stereocenters. The number of benzene rings is 1. The van der Waals surface area contributed by atoms with Gasteiger partial charge >= 0.3 is 12.4 Å². The van der Waals surface area contributed by atoms with Gasteiger partial charge in [0.2, 0.25) is 0 Å². The molecule has 0 bridgehead atoms. The number of hydrogen-bond donors (Lipinski definition) is 2. The van der Waals surface area contributed by atoms with Crippen molar-refractivity contribution in [1.82, 2.24) is 25.4 Å². The number of aryl methyl sites for hydroxylation is 1. The maximum absolute atomic E-state index is 13.5. The quantitative estimate of drug-likeness (QED) is 0.413. The van der Waals surface area contributed by atoms with Crippen LogP contribution in [0.3, 0.4) is 0 Å². The number of nitrogens with one attached hydrogen (secondary N) is 2. The largest absolute Gasteiger partial charge is 0.433 e. The number of pyridine rings is 1. The Morgan fingerprint density at radius 1 is 0.933 bits per heavy atom. The highest BCUT2D eigenvalue weighted by Crippen LogP contribution is 2.45. The van der Waals surface area contributed by atoms with E-state index < -0.39 is 30.4 Å². The van der Waals surface area contributed by atoms with Crippen molar-refractivity contribution < 1.29 is 26.3 Å². The maximum atomic E-state index is 13.5. The van der Waals surface area contributed by atoms with Gasteiger partial charge in [0.05, 0.1) is 40.6 Å². The molecule has 156 valence electrons. The number of rotatable bonds is 1. The molecule has 1 aromatic carbocycles. The van der Waals surface area contributed by atoms with E-state index in [2.05, 4.69) is 20.3 Å². The van der Waals surface area contributed by atoms with Crippen LogP contribution in [0.1, 0.15) is 23.2 Å². The lowest BCUT2D eigenvalue weighted by Crippen LogP contribution is -2.29. The normalized spacial score (nSPS) is 17.6. The van der Waals surface area contributed by atoms with Gasteiger partial charge in [0.15, 0.2) is 0 Å². The summed E-state index contributed by atoms with van der Waals surface area (Å²) in [6.45, 7) is 0. The van der Waals surface area contributed by atoms with Crippen molar-refractivity contribution in [3.05, 3.63) is 41.3 Å². The fraction of sp³-hybridized carbons (Fsp3) is 0.316. The van der Waals surface area contributed by atoms with Crippen LogP contribution >= 0.6 is 0 Å². The van der Waals surface area contributed by atoms with Crippen molar-refractivity contribution in [2.75, 3.05) is 0 Å². The summed E-state index contributed by atoms with van der Waals surface area (Å²) in [7, 11) is 0. The van der Waals surface area contributed by atoms with Crippen molar-refractivity contribution in [2.24, 2.45) is 5.92 Å². The van der Waals surface area contributed by atoms with E-state index in [4.69, 9.17) is 0 Å². The van der Waals surface area contributed by atoms with Crippen LogP contribution in [0.25, 0.3) is 33.1 Å². The number of hydrogen-bond acceptors (Lipinski definition) is 3. The van der Waals surface area contributed by atoms with Crippen LogP contribution in [0.4, 0.5) is 26.3 Å². The van der Waals surface area contributed by atoms with Gasteiger partial charge in [0.25, 0.3) is 0 Å². The second-order valence-electron chi connectivity index (χ2n) is 7.35. The summed E-state index contributed by atoms with van der Waals surface area (Å²) in [4.78, 5) is 4.38. The van der Waals surface area contributed by atoms with Crippen LogP contribution in [0.2, 0.25) is 0 Å². The molecule has 11 heteroatoms. The summed E-state index contributed by atoms with van der Waals surface area (Å²) >= 11 is 0. The average Bonchev–Trinajstić information content (AvgIpc) is 3.34. The van der Waals surface area contributed by atoms with Gasteiger partial charge < -0.3 is 0 Å². The fourth-order valence-electron chi connectivity index (χ4n) is 4.24. The Bertz CT molecular complexity index is 1270. The third kappa shape index (κ3) is 2.83. The number of H-pyrrole nitrogens is 2. The van der Waals surface area contributed by atoms with Gasteiger partial charge in [-0.3, -0.25) is 10.2 Å². The van der Waals surface area contributed by atoms with Crippen LogP contribution < -0.4 is 0 Å². The molecule has 5 nitrogen and oxygen atoms in total. The smallest absolute Gasteiger partial charge is 0.278 e. The highest BCUT2D eigenvalue weighted by molar-refractivity contribution is 6.07. The monoisotopic (exact) mass is 425 g/mol. The van der Waals surface area contributed by atoms with Crippen LogP contribution in [-0.2, 0) is 19.0 Å². The SMILES string of the molecule is FC(F)(F)c1[nH]ncc1-c1nc2ccc3[nH]ncc3c2c2c1CC(C(F)(F)F)CC2. The Labute approximate surface area is 164 Å². The predicted octanol–water partition coefficient (Wildman–Crippen LogP) is 5.19. The molecule has 5 rings (SSSR count). The average molecular weight is 425 g/mol. The van der Waals surface area contributed by atoms with Crippen molar-refractivity contribution in [3.63, 3.8) is 0 Å². The van der Waals surface area contributed by atoms with E-state index in [1.165, 1.54) is 0 Å². The lowest BCUT2D eigenvalue weighted by Gasteiger charge is -2.29. The van der Waals surface area contributed by atoms with Gasteiger partial charge in [-0.1, -0.05) is 0 Å². The van der Waals surface area contributed by atoms with Gasteiger partial charge in [-0.25, -0.2) is 4.98 Å². The van der Waals surface area contributed by atoms with Gasteiger partial charge in [0.1, 0.15) is 5.69 Å². The van der Waals surface area contributed by atoms with Crippen LogP contribution in [0, 0.1) is 5.92 Å². The van der Waals surface area contributed by atoms with Crippen molar-refractivity contribution >= 4 is 21.8 Å². The number of fused-ring (bicyclic) bond motifs is 5. The molecular weight excluding hydrogens is 412 g/mol. The topological polar surface area (TPSA) is 70.2 Å². The molecule has 1 aliphatic carbocycles. The minimum atomic E-state index is -4.75. The number of halogens is 6. The number of nitrogens with zero attached hydrogens (tertiary/aromatic N) is 3. The van der Waals surface area contributed by atoms with Gasteiger partial charge in [-0.2, -0.15) is 36.5 Å². The van der Waals surface area contributed by atoms with E-state index >= 15 is 0 Å². The molecule has 4 aromatic rings. The van der Waals surface area contributed by atoms with Crippen LogP contribution in [0.15, 0.2) is 24.5 Å². The van der Waals surface area contributed by atoms with Gasteiger partial charge in [0, 0.05) is 10.8 Å². The Morgan fingerprint density at radius 2 is 1.70 bits per heavy atom. The first kappa shape index (κ1) is 18.9. The molecule has 0 saturated heterocycles. The molecular formula is C19H13F6N5. The number of aromatic nitrogens is 5. The van der Waals surface area contributed by atoms with E-state index in [1.807, 2.05) is 5.10 Å². The summed E-state index contributed by atoms with van der Waals surface area (Å²) in [5.74, 6) is -1.65. The Hall–Kier alpha value is -3.11. The van der Waals surface area contributed by atoms with Crippen LogP contribution in [0.5, 0.6) is 0 Å². The third-order valence-corrected chi connectivity index (χ3v) is 5.62. The molecule has 0 radical (unpaired) electrons. The Morgan fingerprint density at radius 3 is 2.43 bits per heavy atom. The standard InChI is InChI=1S/C19H13F6N5/c20-18(21,22)8-1-2-9-10(5-8)16(12-7-27-30-17(12)19(23,24)25)28-14-4-3-13-11(15(9)14)6-26-29-13/h3-4,6-8H,1-2,5H2,(H,26,29)(H,27,30). The second kappa shape index (κ2) is 6.19. The van der Waals surface area contributed by atoms with E-state index in [9.17, 15) is 26.3 Å². The van der Waals surface area contributed by atoms with E-state index in [1.54, 1.807) is 18.3 Å². The molecule has 0 amide bonds.